The van der Waals surface area contributed by atoms with Gasteiger partial charge in [0.2, 0.25) is 0 Å². The van der Waals surface area contributed by atoms with E-state index in [1.165, 1.54) is 38.2 Å². The topological polar surface area (TPSA) is 29.3 Å². The molecule has 2 rings (SSSR count). The molecule has 21 heavy (non-hydrogen) atoms. The molecule has 2 nitrogen and oxygen atoms in total. The normalized spacial score (nSPS) is 18.1. The molecule has 1 saturated carbocycles. The first kappa shape index (κ1) is 16.4. The standard InChI is InChI=1S/C17H26F2N2/c1-21(12-13-6-3-2-4-7-13)11-10-16(20)14-8-5-9-15(18)17(14)19/h5,8-9,13,16H,2-4,6-7,10-12,20H2,1H3. The highest BCUT2D eigenvalue weighted by Crippen LogP contribution is 2.25. The van der Waals surface area contributed by atoms with Crippen molar-refractivity contribution in [3.63, 3.8) is 0 Å². The second-order valence-corrected chi connectivity index (χ2v) is 6.30. The van der Waals surface area contributed by atoms with Crippen LogP contribution in [0.5, 0.6) is 0 Å². The summed E-state index contributed by atoms with van der Waals surface area (Å²) >= 11 is 0. The van der Waals surface area contributed by atoms with Gasteiger partial charge in [0.1, 0.15) is 0 Å². The number of nitrogens with zero attached hydrogens (tertiary/aromatic N) is 1. The smallest absolute Gasteiger partial charge is 0.163 e. The van der Waals surface area contributed by atoms with Gasteiger partial charge in [-0.25, -0.2) is 8.78 Å². The molecule has 0 bridgehead atoms. The van der Waals surface area contributed by atoms with E-state index in [2.05, 4.69) is 11.9 Å². The van der Waals surface area contributed by atoms with Gasteiger partial charge in [-0.2, -0.15) is 0 Å². The zero-order valence-electron chi connectivity index (χ0n) is 12.8. The van der Waals surface area contributed by atoms with Gasteiger partial charge in [0, 0.05) is 18.2 Å². The molecule has 0 spiro atoms. The van der Waals surface area contributed by atoms with Gasteiger partial charge >= 0.3 is 0 Å². The third-order valence-electron chi connectivity index (χ3n) is 4.50. The van der Waals surface area contributed by atoms with Crippen LogP contribution < -0.4 is 5.73 Å². The van der Waals surface area contributed by atoms with Crippen molar-refractivity contribution in [1.29, 1.82) is 0 Å². The molecule has 118 valence electrons. The van der Waals surface area contributed by atoms with Crippen molar-refractivity contribution in [3.05, 3.63) is 35.4 Å². The number of nitrogens with two attached hydrogens (primary N) is 1. The van der Waals surface area contributed by atoms with E-state index >= 15 is 0 Å². The summed E-state index contributed by atoms with van der Waals surface area (Å²) in [5, 5.41) is 0. The van der Waals surface area contributed by atoms with E-state index < -0.39 is 17.7 Å². The maximum atomic E-state index is 13.7. The lowest BCUT2D eigenvalue weighted by Gasteiger charge is -2.27. The second kappa shape index (κ2) is 7.85. The van der Waals surface area contributed by atoms with Crippen LogP contribution in [-0.4, -0.2) is 25.0 Å². The Kier molecular flexibility index (Phi) is 6.12. The van der Waals surface area contributed by atoms with E-state index in [9.17, 15) is 8.78 Å². The molecular weight excluding hydrogens is 270 g/mol. The van der Waals surface area contributed by atoms with Gasteiger partial charge in [-0.1, -0.05) is 31.4 Å². The van der Waals surface area contributed by atoms with Crippen LogP contribution in [0, 0.1) is 17.6 Å². The summed E-state index contributed by atoms with van der Waals surface area (Å²) in [7, 11) is 2.09. The lowest BCUT2D eigenvalue weighted by atomic mass is 9.89. The zero-order chi connectivity index (χ0) is 15.2. The maximum absolute atomic E-state index is 13.7. The Morgan fingerprint density at radius 3 is 2.67 bits per heavy atom. The van der Waals surface area contributed by atoms with E-state index in [-0.39, 0.29) is 5.56 Å². The quantitative estimate of drug-likeness (QED) is 0.863. The molecule has 0 heterocycles. The molecule has 0 radical (unpaired) electrons. The Morgan fingerprint density at radius 1 is 1.24 bits per heavy atom. The maximum Gasteiger partial charge on any atom is 0.163 e. The van der Waals surface area contributed by atoms with Crippen LogP contribution in [-0.2, 0) is 0 Å². The Balaban J connectivity index is 1.80. The van der Waals surface area contributed by atoms with Crippen molar-refractivity contribution in [2.24, 2.45) is 11.7 Å². The molecule has 1 fully saturated rings. The predicted molar refractivity (Wildman–Crippen MR) is 82.0 cm³/mol. The van der Waals surface area contributed by atoms with Crippen LogP contribution in [0.15, 0.2) is 18.2 Å². The predicted octanol–water partition coefficient (Wildman–Crippen LogP) is 3.87. The molecular formula is C17H26F2N2. The fraction of sp³-hybridized carbons (Fsp3) is 0.647. The van der Waals surface area contributed by atoms with E-state index in [4.69, 9.17) is 5.73 Å². The van der Waals surface area contributed by atoms with Crippen molar-refractivity contribution in [1.82, 2.24) is 4.90 Å². The minimum absolute atomic E-state index is 0.279. The SMILES string of the molecule is CN(CCC(N)c1cccc(F)c1F)CC1CCCCC1. The number of rotatable bonds is 6. The van der Waals surface area contributed by atoms with Gasteiger partial charge in [-0.3, -0.25) is 0 Å². The fourth-order valence-corrected chi connectivity index (χ4v) is 3.22. The fourth-order valence-electron chi connectivity index (χ4n) is 3.22. The number of halogens is 2. The van der Waals surface area contributed by atoms with Gasteiger partial charge in [-0.15, -0.1) is 0 Å². The van der Waals surface area contributed by atoms with Crippen molar-refractivity contribution >= 4 is 0 Å². The first-order chi connectivity index (χ1) is 10.1. The summed E-state index contributed by atoms with van der Waals surface area (Å²) in [6.07, 6.45) is 7.32. The van der Waals surface area contributed by atoms with Crippen LogP contribution in [0.1, 0.15) is 50.1 Å². The summed E-state index contributed by atoms with van der Waals surface area (Å²) in [4.78, 5) is 2.27. The molecule has 0 aromatic heterocycles. The van der Waals surface area contributed by atoms with Crippen LogP contribution in [0.2, 0.25) is 0 Å². The highest BCUT2D eigenvalue weighted by atomic mass is 19.2. The summed E-state index contributed by atoms with van der Waals surface area (Å²) in [5.41, 5.74) is 6.29. The first-order valence-corrected chi connectivity index (χ1v) is 7.96. The second-order valence-electron chi connectivity index (χ2n) is 6.30. The highest BCUT2D eigenvalue weighted by Gasteiger charge is 2.18. The lowest BCUT2D eigenvalue weighted by molar-refractivity contribution is 0.227. The summed E-state index contributed by atoms with van der Waals surface area (Å²) < 4.78 is 26.9. The van der Waals surface area contributed by atoms with Crippen molar-refractivity contribution in [2.45, 2.75) is 44.6 Å². The van der Waals surface area contributed by atoms with E-state index in [0.717, 1.165) is 25.1 Å². The van der Waals surface area contributed by atoms with E-state index in [1.54, 1.807) is 6.07 Å². The first-order valence-electron chi connectivity index (χ1n) is 7.96. The summed E-state index contributed by atoms with van der Waals surface area (Å²) in [6.45, 7) is 1.89. The molecule has 1 aliphatic carbocycles. The Bertz CT molecular complexity index is 444. The molecule has 2 N–H and O–H groups in total. The van der Waals surface area contributed by atoms with Crippen LogP contribution in [0.4, 0.5) is 8.78 Å². The number of hydrogen-bond acceptors (Lipinski definition) is 2. The molecule has 1 unspecified atom stereocenters. The molecule has 0 saturated heterocycles. The molecule has 0 amide bonds. The molecule has 4 heteroatoms. The minimum Gasteiger partial charge on any atom is -0.324 e. The Labute approximate surface area is 126 Å². The Morgan fingerprint density at radius 2 is 1.95 bits per heavy atom. The van der Waals surface area contributed by atoms with Crippen molar-refractivity contribution < 1.29 is 8.78 Å². The third kappa shape index (κ3) is 4.75. The highest BCUT2D eigenvalue weighted by molar-refractivity contribution is 5.22. The molecule has 1 aliphatic rings. The molecule has 0 aliphatic heterocycles. The Hall–Kier alpha value is -1.00. The summed E-state index contributed by atoms with van der Waals surface area (Å²) in [6, 6.07) is 3.76. The van der Waals surface area contributed by atoms with Gasteiger partial charge in [0.15, 0.2) is 11.6 Å². The molecule has 1 atom stereocenters. The van der Waals surface area contributed by atoms with Crippen LogP contribution >= 0.6 is 0 Å². The van der Waals surface area contributed by atoms with Crippen molar-refractivity contribution in [2.75, 3.05) is 20.1 Å². The van der Waals surface area contributed by atoms with Gasteiger partial charge in [-0.05, 0) is 44.8 Å². The lowest BCUT2D eigenvalue weighted by Crippen LogP contribution is -2.30. The minimum atomic E-state index is -0.821. The van der Waals surface area contributed by atoms with Gasteiger partial charge < -0.3 is 10.6 Å². The molecule has 1 aromatic carbocycles. The van der Waals surface area contributed by atoms with Crippen LogP contribution in [0.25, 0.3) is 0 Å². The number of hydrogen-bond donors (Lipinski definition) is 1. The largest absolute Gasteiger partial charge is 0.324 e. The zero-order valence-corrected chi connectivity index (χ0v) is 12.8. The summed E-state index contributed by atoms with van der Waals surface area (Å²) in [5.74, 6) is -0.843. The van der Waals surface area contributed by atoms with Gasteiger partial charge in [0.25, 0.3) is 0 Å². The van der Waals surface area contributed by atoms with Crippen LogP contribution in [0.3, 0.4) is 0 Å². The monoisotopic (exact) mass is 296 g/mol. The van der Waals surface area contributed by atoms with E-state index in [1.807, 2.05) is 0 Å². The third-order valence-corrected chi connectivity index (χ3v) is 4.50. The van der Waals surface area contributed by atoms with Crippen molar-refractivity contribution in [3.8, 4) is 0 Å². The molecule has 1 aromatic rings. The average molecular weight is 296 g/mol. The van der Waals surface area contributed by atoms with E-state index in [0.29, 0.717) is 6.42 Å². The number of benzene rings is 1. The average Bonchev–Trinajstić information content (AvgIpc) is 2.48. The van der Waals surface area contributed by atoms with Gasteiger partial charge in [0.05, 0.1) is 0 Å².